The van der Waals surface area contributed by atoms with Crippen LogP contribution in [0.3, 0.4) is 0 Å². The van der Waals surface area contributed by atoms with Crippen LogP contribution in [0.15, 0.2) is 92.0 Å². The molecular formula is C39H42FN. The summed E-state index contributed by atoms with van der Waals surface area (Å²) in [7, 11) is 0. The van der Waals surface area contributed by atoms with E-state index in [4.69, 9.17) is 0 Å². The summed E-state index contributed by atoms with van der Waals surface area (Å²) in [5.74, 6) is 1.02. The maximum atomic E-state index is 14.0. The predicted molar refractivity (Wildman–Crippen MR) is 175 cm³/mol. The molecule has 1 N–H and O–H groups in total. The average Bonchev–Trinajstić information content (AvgIpc) is 2.99. The lowest BCUT2D eigenvalue weighted by Gasteiger charge is -2.29. The smallest absolute Gasteiger partial charge is 0.125 e. The molecule has 0 aliphatic heterocycles. The van der Waals surface area contributed by atoms with Crippen molar-refractivity contribution < 1.29 is 4.39 Å². The quantitative estimate of drug-likeness (QED) is 0.221. The molecule has 1 aliphatic rings. The van der Waals surface area contributed by atoms with Crippen molar-refractivity contribution in [1.82, 2.24) is 0 Å². The molecular weight excluding hydrogens is 501 g/mol. The zero-order valence-electron chi connectivity index (χ0n) is 24.8. The van der Waals surface area contributed by atoms with E-state index in [2.05, 4.69) is 93.0 Å². The van der Waals surface area contributed by atoms with Crippen LogP contribution >= 0.6 is 0 Å². The van der Waals surface area contributed by atoms with Crippen LogP contribution in [0.4, 0.5) is 10.1 Å². The highest BCUT2D eigenvalue weighted by Gasteiger charge is 2.23. The molecule has 1 saturated carbocycles. The molecule has 0 radical (unpaired) electrons. The van der Waals surface area contributed by atoms with Gasteiger partial charge in [-0.3, -0.25) is 0 Å². The SMILES string of the molecule is C=Cc1ccc(Cc2ccccc2-c2c(C)cccc2C(=C)Nc2cc(F)ccc2C)cc1C(C)C1CCCCC1. The summed E-state index contributed by atoms with van der Waals surface area (Å²) < 4.78 is 14.0. The lowest BCUT2D eigenvalue weighted by atomic mass is 9.76. The van der Waals surface area contributed by atoms with Crippen molar-refractivity contribution in [2.45, 2.75) is 65.2 Å². The van der Waals surface area contributed by atoms with E-state index in [1.165, 1.54) is 77.6 Å². The van der Waals surface area contributed by atoms with Gasteiger partial charge in [0, 0.05) is 16.9 Å². The molecule has 0 amide bonds. The highest BCUT2D eigenvalue weighted by molar-refractivity contribution is 5.88. The normalized spacial score (nSPS) is 14.4. The summed E-state index contributed by atoms with van der Waals surface area (Å²) in [4.78, 5) is 0. The molecule has 1 atom stereocenters. The van der Waals surface area contributed by atoms with Crippen LogP contribution in [0.1, 0.15) is 83.9 Å². The average molecular weight is 544 g/mol. The fourth-order valence-corrected chi connectivity index (χ4v) is 6.58. The first-order valence-electron chi connectivity index (χ1n) is 15.0. The molecule has 0 heterocycles. The second-order valence-electron chi connectivity index (χ2n) is 11.7. The Hall–Kier alpha value is -3.91. The van der Waals surface area contributed by atoms with Gasteiger partial charge in [0.25, 0.3) is 0 Å². The summed E-state index contributed by atoms with van der Waals surface area (Å²) in [5.41, 5.74) is 12.3. The summed E-state index contributed by atoms with van der Waals surface area (Å²) in [6.07, 6.45) is 9.59. The van der Waals surface area contributed by atoms with E-state index >= 15 is 0 Å². The van der Waals surface area contributed by atoms with Crippen LogP contribution in [0.2, 0.25) is 0 Å². The molecule has 0 aromatic heterocycles. The van der Waals surface area contributed by atoms with Gasteiger partial charge < -0.3 is 5.32 Å². The monoisotopic (exact) mass is 543 g/mol. The Bertz CT molecular complexity index is 1560. The lowest BCUT2D eigenvalue weighted by molar-refractivity contribution is 0.316. The molecule has 0 bridgehead atoms. The lowest BCUT2D eigenvalue weighted by Crippen LogP contribution is -2.15. The number of halogens is 1. The van der Waals surface area contributed by atoms with Gasteiger partial charge in [0.05, 0.1) is 0 Å². The van der Waals surface area contributed by atoms with Crippen LogP contribution in [0.5, 0.6) is 0 Å². The van der Waals surface area contributed by atoms with Crippen molar-refractivity contribution >= 4 is 17.5 Å². The Morgan fingerprint density at radius 1 is 0.927 bits per heavy atom. The third kappa shape index (κ3) is 6.38. The van der Waals surface area contributed by atoms with Gasteiger partial charge in [0.1, 0.15) is 5.82 Å². The van der Waals surface area contributed by atoms with Crippen molar-refractivity contribution in [2.24, 2.45) is 5.92 Å². The number of rotatable bonds is 9. The van der Waals surface area contributed by atoms with E-state index in [1.807, 2.05) is 13.0 Å². The Labute approximate surface area is 245 Å². The maximum Gasteiger partial charge on any atom is 0.125 e. The Kier molecular flexibility index (Phi) is 8.88. The van der Waals surface area contributed by atoms with Crippen molar-refractivity contribution in [2.75, 3.05) is 5.32 Å². The Morgan fingerprint density at radius 3 is 2.49 bits per heavy atom. The fraction of sp³-hybridized carbons (Fsp3) is 0.282. The number of hydrogen-bond donors (Lipinski definition) is 1. The fourth-order valence-electron chi connectivity index (χ4n) is 6.58. The summed E-state index contributed by atoms with van der Waals surface area (Å²) >= 11 is 0. The minimum absolute atomic E-state index is 0.264. The van der Waals surface area contributed by atoms with E-state index in [-0.39, 0.29) is 5.82 Å². The van der Waals surface area contributed by atoms with E-state index in [9.17, 15) is 4.39 Å². The Morgan fingerprint density at radius 2 is 1.71 bits per heavy atom. The van der Waals surface area contributed by atoms with E-state index < -0.39 is 0 Å². The summed E-state index contributed by atoms with van der Waals surface area (Å²) in [6.45, 7) is 15.0. The third-order valence-electron chi connectivity index (χ3n) is 8.98. The van der Waals surface area contributed by atoms with Crippen molar-refractivity contribution in [3.05, 3.63) is 137 Å². The van der Waals surface area contributed by atoms with Crippen LogP contribution < -0.4 is 5.32 Å². The van der Waals surface area contributed by atoms with Crippen molar-refractivity contribution in [1.29, 1.82) is 0 Å². The second kappa shape index (κ2) is 12.7. The van der Waals surface area contributed by atoms with Crippen molar-refractivity contribution in [3.63, 3.8) is 0 Å². The molecule has 0 saturated heterocycles. The van der Waals surface area contributed by atoms with Gasteiger partial charge in [0.2, 0.25) is 0 Å². The van der Waals surface area contributed by atoms with Gasteiger partial charge in [-0.1, -0.05) is 112 Å². The summed E-state index contributed by atoms with van der Waals surface area (Å²) in [5, 5.41) is 3.39. The van der Waals surface area contributed by atoms with Gasteiger partial charge in [-0.25, -0.2) is 4.39 Å². The molecule has 210 valence electrons. The van der Waals surface area contributed by atoms with Crippen molar-refractivity contribution in [3.8, 4) is 11.1 Å². The van der Waals surface area contributed by atoms with Gasteiger partial charge in [-0.15, -0.1) is 0 Å². The minimum atomic E-state index is -0.264. The first kappa shape index (κ1) is 28.6. The Balaban J connectivity index is 1.49. The molecule has 41 heavy (non-hydrogen) atoms. The maximum absolute atomic E-state index is 14.0. The third-order valence-corrected chi connectivity index (χ3v) is 8.98. The molecule has 4 aromatic carbocycles. The van der Waals surface area contributed by atoms with Crippen LogP contribution in [-0.4, -0.2) is 0 Å². The number of anilines is 1. The van der Waals surface area contributed by atoms with Crippen LogP contribution in [0, 0.1) is 25.6 Å². The molecule has 0 spiro atoms. The van der Waals surface area contributed by atoms with E-state index in [0.717, 1.165) is 40.4 Å². The van der Waals surface area contributed by atoms with Gasteiger partial charge >= 0.3 is 0 Å². The zero-order valence-corrected chi connectivity index (χ0v) is 24.8. The molecule has 4 aromatic rings. The second-order valence-corrected chi connectivity index (χ2v) is 11.7. The highest BCUT2D eigenvalue weighted by Crippen LogP contribution is 2.39. The number of benzene rings is 4. The van der Waals surface area contributed by atoms with E-state index in [1.54, 1.807) is 6.07 Å². The summed E-state index contributed by atoms with van der Waals surface area (Å²) in [6, 6.07) is 26.8. The van der Waals surface area contributed by atoms with Gasteiger partial charge in [-0.05, 0) is 102 Å². The minimum Gasteiger partial charge on any atom is -0.355 e. The molecule has 1 fully saturated rings. The molecule has 1 nitrogen and oxygen atoms in total. The highest BCUT2D eigenvalue weighted by atomic mass is 19.1. The molecule has 1 aliphatic carbocycles. The first-order chi connectivity index (χ1) is 19.9. The number of aryl methyl sites for hydroxylation is 2. The zero-order chi connectivity index (χ0) is 28.9. The van der Waals surface area contributed by atoms with E-state index in [0.29, 0.717) is 5.92 Å². The molecule has 1 unspecified atom stereocenters. The molecule has 5 rings (SSSR count). The predicted octanol–water partition coefficient (Wildman–Crippen LogP) is 11.1. The first-order valence-corrected chi connectivity index (χ1v) is 15.0. The van der Waals surface area contributed by atoms with Gasteiger partial charge in [0.15, 0.2) is 0 Å². The molecule has 2 heteroatoms. The number of nitrogens with one attached hydrogen (secondary N) is 1. The number of hydrogen-bond acceptors (Lipinski definition) is 1. The largest absolute Gasteiger partial charge is 0.355 e. The topological polar surface area (TPSA) is 12.0 Å². The standard InChI is InChI=1S/C39H42FN/c1-6-31-21-20-30(24-37(31)28(4)32-14-8-7-9-15-32)23-33-16-10-11-17-36(33)39-27(3)13-12-18-35(39)29(5)41-38-25-34(40)22-19-26(38)2/h6,10-13,16-22,24-25,28,32,41H,1,5,7-9,14-15,23H2,2-4H3. The van der Waals surface area contributed by atoms with Crippen LogP contribution in [-0.2, 0) is 6.42 Å². The van der Waals surface area contributed by atoms with Gasteiger partial charge in [-0.2, -0.15) is 0 Å². The van der Waals surface area contributed by atoms with Crippen LogP contribution in [0.25, 0.3) is 22.9 Å².